The summed E-state index contributed by atoms with van der Waals surface area (Å²) < 4.78 is 8.06. The monoisotopic (exact) mass is 465 g/mol. The van der Waals surface area contributed by atoms with Crippen molar-refractivity contribution in [1.82, 2.24) is 4.57 Å². The van der Waals surface area contributed by atoms with Crippen molar-refractivity contribution in [3.8, 4) is 0 Å². The van der Waals surface area contributed by atoms with Crippen molar-refractivity contribution in [2.75, 3.05) is 13.2 Å². The van der Waals surface area contributed by atoms with Crippen molar-refractivity contribution in [3.05, 3.63) is 73.0 Å². The first-order chi connectivity index (χ1) is 14.4. The van der Waals surface area contributed by atoms with E-state index in [0.29, 0.717) is 40.2 Å². The van der Waals surface area contributed by atoms with E-state index in [2.05, 4.69) is 4.99 Å². The highest BCUT2D eigenvalue weighted by Gasteiger charge is 2.12. The fraction of sp³-hybridized carbons (Fsp3) is 0.200. The van der Waals surface area contributed by atoms with Crippen molar-refractivity contribution < 1.29 is 14.5 Å². The number of hydrogen-bond donors (Lipinski definition) is 0. The van der Waals surface area contributed by atoms with Gasteiger partial charge in [0.15, 0.2) is 4.80 Å². The van der Waals surface area contributed by atoms with Gasteiger partial charge in [-0.2, -0.15) is 4.99 Å². The van der Waals surface area contributed by atoms with Crippen LogP contribution in [0.15, 0.2) is 47.5 Å². The van der Waals surface area contributed by atoms with Crippen LogP contribution in [0.5, 0.6) is 0 Å². The maximum atomic E-state index is 12.4. The molecule has 3 aromatic rings. The van der Waals surface area contributed by atoms with Gasteiger partial charge >= 0.3 is 0 Å². The predicted octanol–water partition coefficient (Wildman–Crippen LogP) is 5.10. The quantitative estimate of drug-likeness (QED) is 0.210. The van der Waals surface area contributed by atoms with Crippen LogP contribution in [0, 0.1) is 10.1 Å². The number of halogens is 2. The standard InChI is InChI=1S/C20H17Cl2N3O4S/c1-2-29-9-8-24-19-16(22)11-14(21)12-17(19)30-20(24)23-18(26)7-6-13-4-3-5-15(10-13)25(27)28/h3-7,10-12H,2,8-9H2,1H3/b7-6+,23-20?. The molecular weight excluding hydrogens is 449 g/mol. The van der Waals surface area contributed by atoms with Gasteiger partial charge in [0.2, 0.25) is 0 Å². The second-order valence-corrected chi connectivity index (χ2v) is 7.96. The molecule has 0 atom stereocenters. The van der Waals surface area contributed by atoms with Gasteiger partial charge in [-0.05, 0) is 30.7 Å². The molecule has 0 saturated heterocycles. The molecule has 7 nitrogen and oxygen atoms in total. The molecule has 0 aliphatic rings. The van der Waals surface area contributed by atoms with Gasteiger partial charge in [0.05, 0.1) is 26.8 Å². The fourth-order valence-electron chi connectivity index (χ4n) is 2.76. The SMILES string of the molecule is CCOCCn1c(=NC(=O)/C=C/c2cccc([N+](=O)[O-])c2)sc2cc(Cl)cc(Cl)c21. The molecule has 1 amide bonds. The van der Waals surface area contributed by atoms with E-state index in [1.54, 1.807) is 24.3 Å². The van der Waals surface area contributed by atoms with Gasteiger partial charge in [-0.15, -0.1) is 0 Å². The molecule has 0 saturated carbocycles. The number of carbonyl (C=O) groups excluding carboxylic acids is 1. The van der Waals surface area contributed by atoms with Gasteiger partial charge in [-0.25, -0.2) is 0 Å². The van der Waals surface area contributed by atoms with Crippen LogP contribution in [0.3, 0.4) is 0 Å². The second kappa shape index (κ2) is 9.99. The zero-order chi connectivity index (χ0) is 21.7. The Labute approximate surface area is 186 Å². The largest absolute Gasteiger partial charge is 0.380 e. The summed E-state index contributed by atoms with van der Waals surface area (Å²) in [6, 6.07) is 9.40. The van der Waals surface area contributed by atoms with E-state index in [0.717, 1.165) is 10.2 Å². The van der Waals surface area contributed by atoms with Crippen molar-refractivity contribution in [2.24, 2.45) is 4.99 Å². The summed E-state index contributed by atoms with van der Waals surface area (Å²) in [5.41, 5.74) is 1.22. The van der Waals surface area contributed by atoms with Crippen LogP contribution >= 0.6 is 34.5 Å². The molecule has 1 heterocycles. The second-order valence-electron chi connectivity index (χ2n) is 6.10. The number of non-ortho nitro benzene ring substituents is 1. The molecule has 2 aromatic carbocycles. The van der Waals surface area contributed by atoms with Crippen molar-refractivity contribution in [1.29, 1.82) is 0 Å². The predicted molar refractivity (Wildman–Crippen MR) is 119 cm³/mol. The van der Waals surface area contributed by atoms with Gasteiger partial charge in [0.1, 0.15) is 0 Å². The summed E-state index contributed by atoms with van der Waals surface area (Å²) in [7, 11) is 0. The Bertz CT molecular complexity index is 1200. The van der Waals surface area contributed by atoms with Gasteiger partial charge in [0, 0.05) is 36.4 Å². The molecule has 0 aliphatic carbocycles. The number of aromatic nitrogens is 1. The minimum atomic E-state index is -0.500. The lowest BCUT2D eigenvalue weighted by molar-refractivity contribution is -0.384. The number of nitro groups is 1. The maximum absolute atomic E-state index is 12.4. The Morgan fingerprint density at radius 3 is 2.87 bits per heavy atom. The number of benzene rings is 2. The van der Waals surface area contributed by atoms with Crippen LogP contribution in [0.1, 0.15) is 12.5 Å². The Balaban J connectivity index is 1.96. The Hall–Kier alpha value is -2.52. The summed E-state index contributed by atoms with van der Waals surface area (Å²) in [4.78, 5) is 27.5. The molecule has 0 fully saturated rings. The van der Waals surface area contributed by atoms with Gasteiger partial charge in [0.25, 0.3) is 11.6 Å². The average molecular weight is 466 g/mol. The third-order valence-corrected chi connectivity index (χ3v) is 5.60. The Morgan fingerprint density at radius 1 is 1.33 bits per heavy atom. The normalized spacial score (nSPS) is 12.2. The van der Waals surface area contributed by atoms with Crippen molar-refractivity contribution >= 4 is 62.4 Å². The number of nitro benzene ring substituents is 1. The topological polar surface area (TPSA) is 86.7 Å². The zero-order valence-corrected chi connectivity index (χ0v) is 18.2. The van der Waals surface area contributed by atoms with E-state index in [9.17, 15) is 14.9 Å². The number of thiazole rings is 1. The first-order valence-electron chi connectivity index (χ1n) is 8.96. The summed E-state index contributed by atoms with van der Waals surface area (Å²) in [5.74, 6) is -0.500. The lowest BCUT2D eigenvalue weighted by atomic mass is 10.2. The molecule has 0 radical (unpaired) electrons. The van der Waals surface area contributed by atoms with E-state index in [1.807, 2.05) is 11.5 Å². The van der Waals surface area contributed by atoms with Crippen LogP contribution in [0.2, 0.25) is 10.0 Å². The lowest BCUT2D eigenvalue weighted by Gasteiger charge is -2.06. The van der Waals surface area contributed by atoms with Crippen LogP contribution in [-0.2, 0) is 16.1 Å². The molecule has 0 aliphatic heterocycles. The molecular formula is C20H17Cl2N3O4S. The van der Waals surface area contributed by atoms with Gasteiger partial charge in [-0.3, -0.25) is 14.9 Å². The molecule has 30 heavy (non-hydrogen) atoms. The van der Waals surface area contributed by atoms with Crippen LogP contribution in [0.4, 0.5) is 5.69 Å². The van der Waals surface area contributed by atoms with Gasteiger partial charge in [-0.1, -0.05) is 46.7 Å². The summed E-state index contributed by atoms with van der Waals surface area (Å²) in [6.07, 6.45) is 2.76. The molecule has 1 aromatic heterocycles. The molecule has 0 unspecified atom stereocenters. The molecule has 0 spiro atoms. The first-order valence-corrected chi connectivity index (χ1v) is 10.5. The number of nitrogens with zero attached hydrogens (tertiary/aromatic N) is 3. The maximum Gasteiger partial charge on any atom is 0.272 e. The minimum absolute atomic E-state index is 0.0497. The van der Waals surface area contributed by atoms with E-state index in [1.165, 1.54) is 35.6 Å². The van der Waals surface area contributed by atoms with Crippen LogP contribution in [-0.4, -0.2) is 28.6 Å². The molecule has 10 heteroatoms. The highest BCUT2D eigenvalue weighted by atomic mass is 35.5. The molecule has 0 bridgehead atoms. The minimum Gasteiger partial charge on any atom is -0.380 e. The smallest absolute Gasteiger partial charge is 0.272 e. The van der Waals surface area contributed by atoms with E-state index in [-0.39, 0.29) is 5.69 Å². The number of fused-ring (bicyclic) bond motifs is 1. The fourth-order valence-corrected chi connectivity index (χ4v) is 4.61. The van der Waals surface area contributed by atoms with E-state index >= 15 is 0 Å². The van der Waals surface area contributed by atoms with E-state index in [4.69, 9.17) is 27.9 Å². The Morgan fingerprint density at radius 2 is 2.13 bits per heavy atom. The number of rotatable bonds is 7. The molecule has 156 valence electrons. The molecule has 3 rings (SSSR count). The highest BCUT2D eigenvalue weighted by Crippen LogP contribution is 2.29. The highest BCUT2D eigenvalue weighted by molar-refractivity contribution is 7.16. The first kappa shape index (κ1) is 22.2. The van der Waals surface area contributed by atoms with Crippen LogP contribution in [0.25, 0.3) is 16.3 Å². The van der Waals surface area contributed by atoms with Gasteiger partial charge < -0.3 is 9.30 Å². The third-order valence-electron chi connectivity index (χ3n) is 4.06. The van der Waals surface area contributed by atoms with Crippen molar-refractivity contribution in [2.45, 2.75) is 13.5 Å². The number of carbonyl (C=O) groups is 1. The summed E-state index contributed by atoms with van der Waals surface area (Å²) in [5, 5.41) is 11.8. The zero-order valence-electron chi connectivity index (χ0n) is 15.9. The number of amides is 1. The summed E-state index contributed by atoms with van der Waals surface area (Å²) in [6.45, 7) is 3.37. The molecule has 0 N–H and O–H groups in total. The third kappa shape index (κ3) is 5.34. The van der Waals surface area contributed by atoms with Crippen LogP contribution < -0.4 is 4.80 Å². The van der Waals surface area contributed by atoms with E-state index < -0.39 is 10.8 Å². The Kier molecular flexibility index (Phi) is 7.38. The summed E-state index contributed by atoms with van der Waals surface area (Å²) >= 11 is 13.8. The number of ether oxygens (including phenoxy) is 1. The van der Waals surface area contributed by atoms with Crippen molar-refractivity contribution in [3.63, 3.8) is 0 Å². The lowest BCUT2D eigenvalue weighted by Crippen LogP contribution is -2.19. The number of hydrogen-bond acceptors (Lipinski definition) is 5. The average Bonchev–Trinajstić information content (AvgIpc) is 3.04.